The van der Waals surface area contributed by atoms with Crippen LogP contribution in [0.25, 0.3) is 0 Å². The van der Waals surface area contributed by atoms with Crippen molar-refractivity contribution >= 4 is 17.2 Å². The van der Waals surface area contributed by atoms with Crippen LogP contribution in [0.3, 0.4) is 0 Å². The van der Waals surface area contributed by atoms with Gasteiger partial charge in [-0.05, 0) is 42.8 Å². The van der Waals surface area contributed by atoms with Gasteiger partial charge in [-0.3, -0.25) is 4.79 Å². The molecule has 2 aliphatic heterocycles. The van der Waals surface area contributed by atoms with Crippen LogP contribution in [0.4, 0.5) is 4.39 Å². The number of amides is 1. The lowest BCUT2D eigenvalue weighted by molar-refractivity contribution is -0.973. The molecule has 0 spiro atoms. The minimum atomic E-state index is -0.444. The highest BCUT2D eigenvalue weighted by molar-refractivity contribution is 7.09. The lowest BCUT2D eigenvalue weighted by Gasteiger charge is -2.45. The van der Waals surface area contributed by atoms with Crippen LogP contribution in [-0.4, -0.2) is 24.0 Å². The molecule has 2 aromatic rings. The number of hydrogen-bond donors (Lipinski definition) is 2. The molecule has 3 heterocycles. The first-order valence-electron chi connectivity index (χ1n) is 9.14. The quantitative estimate of drug-likeness (QED) is 0.865. The number of benzene rings is 1. The third kappa shape index (κ3) is 3.62. The maximum absolute atomic E-state index is 13.8. The molecule has 4 rings (SSSR count). The Balaban J connectivity index is 1.43. The Morgan fingerprint density at radius 2 is 1.92 bits per heavy atom. The second-order valence-electron chi connectivity index (χ2n) is 7.28. The van der Waals surface area contributed by atoms with Crippen molar-refractivity contribution < 1.29 is 14.1 Å². The first kappa shape index (κ1) is 16.7. The van der Waals surface area contributed by atoms with Crippen molar-refractivity contribution in [1.29, 1.82) is 0 Å². The number of carbonyl (C=O) groups is 1. The van der Waals surface area contributed by atoms with Gasteiger partial charge in [-0.25, -0.2) is 4.39 Å². The summed E-state index contributed by atoms with van der Waals surface area (Å²) in [5.41, 5.74) is 0.154. The summed E-state index contributed by atoms with van der Waals surface area (Å²) < 4.78 is 13.8. The number of carbonyl (C=O) groups excluding carboxylic acids is 1. The van der Waals surface area contributed by atoms with E-state index in [0.717, 1.165) is 19.4 Å². The van der Waals surface area contributed by atoms with Gasteiger partial charge in [0.1, 0.15) is 12.4 Å². The molecule has 132 valence electrons. The van der Waals surface area contributed by atoms with Crippen LogP contribution < -0.4 is 10.2 Å². The first-order chi connectivity index (χ1) is 12.2. The molecule has 1 amide bonds. The van der Waals surface area contributed by atoms with E-state index in [1.165, 1.54) is 30.2 Å². The second-order valence-corrected chi connectivity index (χ2v) is 8.31. The molecule has 25 heavy (non-hydrogen) atoms. The fraction of sp³-hybridized carbons (Fsp3) is 0.450. The van der Waals surface area contributed by atoms with Crippen molar-refractivity contribution in [3.05, 3.63) is 58.0 Å². The van der Waals surface area contributed by atoms with Crippen molar-refractivity contribution in [3.63, 3.8) is 0 Å². The summed E-state index contributed by atoms with van der Waals surface area (Å²) in [5.74, 6) is -0.719. The van der Waals surface area contributed by atoms with Crippen molar-refractivity contribution in [3.8, 4) is 0 Å². The lowest BCUT2D eigenvalue weighted by Crippen LogP contribution is -3.20. The normalized spacial score (nSPS) is 28.5. The second kappa shape index (κ2) is 7.26. The van der Waals surface area contributed by atoms with E-state index in [9.17, 15) is 9.18 Å². The monoisotopic (exact) mass is 359 g/mol. The molecule has 5 heteroatoms. The molecule has 1 aromatic carbocycles. The van der Waals surface area contributed by atoms with Crippen LogP contribution in [0.15, 0.2) is 41.8 Å². The Kier molecular flexibility index (Phi) is 4.86. The average molecular weight is 359 g/mol. The summed E-state index contributed by atoms with van der Waals surface area (Å²) in [4.78, 5) is 15.6. The largest absolute Gasteiger partial charge is 0.349 e. The molecule has 2 aliphatic rings. The molecule has 0 saturated carbocycles. The van der Waals surface area contributed by atoms with Crippen LogP contribution >= 0.6 is 11.3 Å². The summed E-state index contributed by atoms with van der Waals surface area (Å²) in [6, 6.07) is 11.9. The Bertz CT molecular complexity index is 719. The zero-order chi connectivity index (χ0) is 17.2. The smallest absolute Gasteiger partial charge is 0.254 e. The summed E-state index contributed by atoms with van der Waals surface area (Å²) in [7, 11) is 0. The van der Waals surface area contributed by atoms with Gasteiger partial charge in [-0.15, -0.1) is 11.3 Å². The fourth-order valence-corrected chi connectivity index (χ4v) is 5.30. The highest BCUT2D eigenvalue weighted by atomic mass is 32.1. The molecule has 2 fully saturated rings. The average Bonchev–Trinajstić information content (AvgIpc) is 3.09. The third-order valence-corrected chi connectivity index (χ3v) is 6.58. The maximum Gasteiger partial charge on any atom is 0.254 e. The zero-order valence-electron chi connectivity index (χ0n) is 14.2. The standard InChI is InChI=1S/C20H23FN2OS/c21-19-9-2-1-8-18(19)20(24)22-14-11-15-5-3-6-16(12-14)23(15)13-17-7-4-10-25-17/h1-2,4,7-10,14-16H,3,5-6,11-13H2,(H,22,24)/p+1/t14?,15-,16+. The summed E-state index contributed by atoms with van der Waals surface area (Å²) in [6.45, 7) is 1.10. The van der Waals surface area contributed by atoms with Gasteiger partial charge in [0.25, 0.3) is 5.91 Å². The number of quaternary nitrogens is 1. The number of halogens is 1. The van der Waals surface area contributed by atoms with Crippen molar-refractivity contribution in [2.24, 2.45) is 0 Å². The van der Waals surface area contributed by atoms with Crippen molar-refractivity contribution in [1.82, 2.24) is 5.32 Å². The molecule has 3 nitrogen and oxygen atoms in total. The molecule has 0 radical (unpaired) electrons. The van der Waals surface area contributed by atoms with Crippen LogP contribution in [-0.2, 0) is 6.54 Å². The predicted octanol–water partition coefficient (Wildman–Crippen LogP) is 2.79. The topological polar surface area (TPSA) is 33.5 Å². The highest BCUT2D eigenvalue weighted by Gasteiger charge is 2.42. The van der Waals surface area contributed by atoms with Gasteiger partial charge in [0.2, 0.25) is 0 Å². The Morgan fingerprint density at radius 3 is 2.60 bits per heavy atom. The molecule has 2 bridgehead atoms. The fourth-order valence-electron chi connectivity index (χ4n) is 4.57. The van der Waals surface area contributed by atoms with Gasteiger partial charge >= 0.3 is 0 Å². The number of fused-ring (bicyclic) bond motifs is 2. The van der Waals surface area contributed by atoms with Crippen LogP contribution in [0, 0.1) is 5.82 Å². The van der Waals surface area contributed by atoms with Gasteiger partial charge < -0.3 is 10.2 Å². The van der Waals surface area contributed by atoms with Gasteiger partial charge in [0.05, 0.1) is 22.5 Å². The molecule has 1 aromatic heterocycles. The maximum atomic E-state index is 13.8. The molecular formula is C20H24FN2OS+. The Hall–Kier alpha value is -1.72. The Labute approximate surface area is 151 Å². The van der Waals surface area contributed by atoms with E-state index in [1.807, 2.05) is 11.3 Å². The van der Waals surface area contributed by atoms with Crippen LogP contribution in [0.5, 0.6) is 0 Å². The van der Waals surface area contributed by atoms with E-state index in [4.69, 9.17) is 0 Å². The van der Waals surface area contributed by atoms with Crippen LogP contribution in [0.2, 0.25) is 0 Å². The number of thiophene rings is 1. The van der Waals surface area contributed by atoms with Gasteiger partial charge in [0.15, 0.2) is 0 Å². The number of piperidine rings is 2. The third-order valence-electron chi connectivity index (χ3n) is 5.70. The first-order valence-corrected chi connectivity index (χ1v) is 10.0. The van der Waals surface area contributed by atoms with Gasteiger partial charge in [-0.1, -0.05) is 18.2 Å². The predicted molar refractivity (Wildman–Crippen MR) is 97.3 cm³/mol. The van der Waals surface area contributed by atoms with E-state index >= 15 is 0 Å². The summed E-state index contributed by atoms with van der Waals surface area (Å²) >= 11 is 1.83. The molecule has 2 saturated heterocycles. The van der Waals surface area contributed by atoms with Crippen molar-refractivity contribution in [2.45, 2.75) is 56.8 Å². The number of rotatable bonds is 4. The number of nitrogens with one attached hydrogen (secondary N) is 2. The van der Waals surface area contributed by atoms with E-state index in [2.05, 4.69) is 22.8 Å². The number of hydrogen-bond acceptors (Lipinski definition) is 2. The van der Waals surface area contributed by atoms with E-state index in [-0.39, 0.29) is 17.5 Å². The summed E-state index contributed by atoms with van der Waals surface area (Å²) in [6.07, 6.45) is 5.73. The van der Waals surface area contributed by atoms with Gasteiger partial charge in [0, 0.05) is 18.9 Å². The zero-order valence-corrected chi connectivity index (χ0v) is 15.0. The molecule has 2 N–H and O–H groups in total. The van der Waals surface area contributed by atoms with E-state index in [0.29, 0.717) is 12.1 Å². The minimum Gasteiger partial charge on any atom is -0.349 e. The van der Waals surface area contributed by atoms with Crippen molar-refractivity contribution in [2.75, 3.05) is 0 Å². The molecular weight excluding hydrogens is 335 g/mol. The highest BCUT2D eigenvalue weighted by Crippen LogP contribution is 2.23. The van der Waals surface area contributed by atoms with E-state index in [1.54, 1.807) is 23.1 Å². The van der Waals surface area contributed by atoms with Gasteiger partial charge in [-0.2, -0.15) is 0 Å². The molecule has 2 unspecified atom stereocenters. The molecule has 4 atom stereocenters. The minimum absolute atomic E-state index is 0.154. The van der Waals surface area contributed by atoms with E-state index < -0.39 is 5.82 Å². The SMILES string of the molecule is O=C(NC1C[C@H]2CCC[C@@H](C1)[NH+]2Cc1cccs1)c1ccccc1F. The lowest BCUT2D eigenvalue weighted by atomic mass is 9.81. The Morgan fingerprint density at radius 1 is 1.16 bits per heavy atom. The summed E-state index contributed by atoms with van der Waals surface area (Å²) in [5, 5.41) is 5.24. The van der Waals surface area contributed by atoms with Crippen LogP contribution in [0.1, 0.15) is 47.3 Å². The molecule has 0 aliphatic carbocycles.